The molecule has 3 aromatic heterocycles. The van der Waals surface area contributed by atoms with Crippen LogP contribution < -0.4 is 0 Å². The van der Waals surface area contributed by atoms with Crippen LogP contribution in [0.15, 0.2) is 71.4 Å². The summed E-state index contributed by atoms with van der Waals surface area (Å²) in [5.41, 5.74) is -0.903. The number of rotatable bonds is 5. The minimum absolute atomic E-state index is 0.00231. The lowest BCUT2D eigenvalue weighted by Crippen LogP contribution is -2.19. The van der Waals surface area contributed by atoms with Gasteiger partial charge in [-0.2, -0.15) is 13.2 Å². The standard InChI is InChI=1S/C25H13Cl3F3N3O2/c26-14-6-7-19-16(9-14)21(22(35)24-33-11-20(36-24)18-3-1-2-8-32-18)23(25(29,30)31)34(19)12-13-4-5-15(27)10-17(13)28/h1-11H,12H2. The maximum absolute atomic E-state index is 14.5. The van der Waals surface area contributed by atoms with E-state index in [-0.39, 0.29) is 33.3 Å². The van der Waals surface area contributed by atoms with Crippen molar-refractivity contribution < 1.29 is 22.4 Å². The van der Waals surface area contributed by atoms with Gasteiger partial charge in [0.05, 0.1) is 11.8 Å². The summed E-state index contributed by atoms with van der Waals surface area (Å²) >= 11 is 18.3. The highest BCUT2D eigenvalue weighted by molar-refractivity contribution is 6.35. The van der Waals surface area contributed by atoms with Gasteiger partial charge < -0.3 is 8.98 Å². The fourth-order valence-corrected chi connectivity index (χ4v) is 4.59. The Morgan fingerprint density at radius 1 is 0.972 bits per heavy atom. The number of pyridine rings is 1. The lowest BCUT2D eigenvalue weighted by Gasteiger charge is -2.15. The van der Waals surface area contributed by atoms with Gasteiger partial charge in [0.15, 0.2) is 5.76 Å². The Kier molecular flexibility index (Phi) is 6.28. The van der Waals surface area contributed by atoms with Crippen LogP contribution in [0.2, 0.25) is 15.1 Å². The minimum Gasteiger partial charge on any atom is -0.432 e. The number of fused-ring (bicyclic) bond motifs is 1. The molecular weight excluding hydrogens is 538 g/mol. The van der Waals surface area contributed by atoms with Crippen LogP contribution in [0.3, 0.4) is 0 Å². The number of ketones is 1. The number of nitrogens with zero attached hydrogens (tertiary/aromatic N) is 3. The fraction of sp³-hybridized carbons (Fsp3) is 0.0800. The largest absolute Gasteiger partial charge is 0.432 e. The van der Waals surface area contributed by atoms with Gasteiger partial charge in [0.1, 0.15) is 11.4 Å². The van der Waals surface area contributed by atoms with Gasteiger partial charge in [-0.15, -0.1) is 0 Å². The molecule has 0 aliphatic carbocycles. The van der Waals surface area contributed by atoms with Crippen LogP contribution in [0.5, 0.6) is 0 Å². The number of oxazole rings is 1. The molecule has 5 nitrogen and oxygen atoms in total. The van der Waals surface area contributed by atoms with Gasteiger partial charge in [-0.05, 0) is 48.0 Å². The highest BCUT2D eigenvalue weighted by atomic mass is 35.5. The summed E-state index contributed by atoms with van der Waals surface area (Å²) in [5.74, 6) is -1.41. The Balaban J connectivity index is 1.71. The van der Waals surface area contributed by atoms with Gasteiger partial charge in [0, 0.05) is 38.7 Å². The van der Waals surface area contributed by atoms with Crippen LogP contribution in [-0.4, -0.2) is 20.3 Å². The molecule has 5 rings (SSSR count). The Morgan fingerprint density at radius 3 is 2.42 bits per heavy atom. The third-order valence-corrected chi connectivity index (χ3v) is 6.30. The highest BCUT2D eigenvalue weighted by Crippen LogP contribution is 2.41. The predicted molar refractivity (Wildman–Crippen MR) is 131 cm³/mol. The van der Waals surface area contributed by atoms with Crippen LogP contribution in [0, 0.1) is 0 Å². The summed E-state index contributed by atoms with van der Waals surface area (Å²) in [6, 6.07) is 13.7. The smallest absolute Gasteiger partial charge is 0.432 e. The molecule has 0 amide bonds. The van der Waals surface area contributed by atoms with E-state index < -0.39 is 29.1 Å². The molecule has 0 fully saturated rings. The van der Waals surface area contributed by atoms with E-state index >= 15 is 0 Å². The van der Waals surface area contributed by atoms with Crippen LogP contribution in [-0.2, 0) is 12.7 Å². The molecule has 0 aliphatic heterocycles. The SMILES string of the molecule is O=C(c1ncc(-c2ccccn2)o1)c1c(C(F)(F)F)n(Cc2ccc(Cl)cc2Cl)c2ccc(Cl)cc12. The average molecular weight is 551 g/mol. The molecule has 0 radical (unpaired) electrons. The van der Waals surface area contributed by atoms with Crippen molar-refractivity contribution in [2.24, 2.45) is 0 Å². The fourth-order valence-electron chi connectivity index (χ4n) is 3.95. The average Bonchev–Trinajstić information content (AvgIpc) is 3.44. The molecule has 182 valence electrons. The van der Waals surface area contributed by atoms with Gasteiger partial charge >= 0.3 is 6.18 Å². The van der Waals surface area contributed by atoms with Crippen molar-refractivity contribution in [3.05, 3.63) is 105 Å². The molecular formula is C25H13Cl3F3N3O2. The first kappa shape index (κ1) is 24.4. The van der Waals surface area contributed by atoms with Crippen molar-refractivity contribution in [3.8, 4) is 11.5 Å². The summed E-state index contributed by atoms with van der Waals surface area (Å²) in [6.07, 6.45) is -2.16. The first-order valence-corrected chi connectivity index (χ1v) is 11.5. The van der Waals surface area contributed by atoms with E-state index in [2.05, 4.69) is 9.97 Å². The maximum atomic E-state index is 14.5. The lowest BCUT2D eigenvalue weighted by atomic mass is 10.1. The van der Waals surface area contributed by atoms with Gasteiger partial charge in [-0.3, -0.25) is 9.78 Å². The molecule has 11 heteroatoms. The molecule has 0 unspecified atom stereocenters. The number of carbonyl (C=O) groups is 1. The first-order valence-electron chi connectivity index (χ1n) is 10.4. The molecule has 5 aromatic rings. The molecule has 0 aliphatic rings. The molecule has 36 heavy (non-hydrogen) atoms. The quantitative estimate of drug-likeness (QED) is 0.208. The van der Waals surface area contributed by atoms with E-state index in [1.165, 1.54) is 48.8 Å². The Labute approximate surface area is 217 Å². The van der Waals surface area contributed by atoms with Crippen LogP contribution in [0.1, 0.15) is 27.5 Å². The Morgan fingerprint density at radius 2 is 1.72 bits per heavy atom. The van der Waals surface area contributed by atoms with Crippen molar-refractivity contribution in [3.63, 3.8) is 0 Å². The summed E-state index contributed by atoms with van der Waals surface area (Å²) < 4.78 is 50.1. The third kappa shape index (κ3) is 4.48. The summed E-state index contributed by atoms with van der Waals surface area (Å²) in [7, 11) is 0. The molecule has 0 N–H and O–H groups in total. The molecule has 0 atom stereocenters. The van der Waals surface area contributed by atoms with Crippen LogP contribution >= 0.6 is 34.8 Å². The number of alkyl halides is 3. The number of carbonyl (C=O) groups excluding carboxylic acids is 1. The second-order valence-corrected chi connectivity index (χ2v) is 9.06. The second-order valence-electron chi connectivity index (χ2n) is 7.78. The van der Waals surface area contributed by atoms with Crippen molar-refractivity contribution in [1.29, 1.82) is 0 Å². The maximum Gasteiger partial charge on any atom is 0.432 e. The zero-order valence-corrected chi connectivity index (χ0v) is 20.3. The van der Waals surface area contributed by atoms with E-state index in [0.29, 0.717) is 16.3 Å². The van der Waals surface area contributed by atoms with Gasteiger partial charge in [-0.1, -0.05) is 46.9 Å². The number of hydrogen-bond acceptors (Lipinski definition) is 4. The molecule has 0 saturated carbocycles. The number of aromatic nitrogens is 3. The van der Waals surface area contributed by atoms with E-state index in [0.717, 1.165) is 4.57 Å². The van der Waals surface area contributed by atoms with Crippen molar-refractivity contribution >= 4 is 51.5 Å². The van der Waals surface area contributed by atoms with Gasteiger partial charge in [-0.25, -0.2) is 4.98 Å². The Bertz CT molecular complexity index is 1610. The normalized spacial score (nSPS) is 11.8. The van der Waals surface area contributed by atoms with E-state index in [9.17, 15) is 18.0 Å². The van der Waals surface area contributed by atoms with Crippen molar-refractivity contribution in [2.75, 3.05) is 0 Å². The predicted octanol–water partition coefficient (Wildman–Crippen LogP) is 7.95. The number of hydrogen-bond donors (Lipinski definition) is 0. The van der Waals surface area contributed by atoms with Crippen molar-refractivity contribution in [2.45, 2.75) is 12.7 Å². The monoisotopic (exact) mass is 549 g/mol. The Hall–Kier alpha value is -3.33. The number of halogens is 6. The van der Waals surface area contributed by atoms with Gasteiger partial charge in [0.2, 0.25) is 0 Å². The van der Waals surface area contributed by atoms with E-state index in [1.807, 2.05) is 0 Å². The summed E-state index contributed by atoms with van der Waals surface area (Å²) in [5, 5.41) is 0.690. The van der Waals surface area contributed by atoms with Crippen LogP contribution in [0.4, 0.5) is 13.2 Å². The molecule has 3 heterocycles. The van der Waals surface area contributed by atoms with Gasteiger partial charge in [0.25, 0.3) is 11.7 Å². The zero-order valence-electron chi connectivity index (χ0n) is 18.0. The first-order chi connectivity index (χ1) is 17.1. The lowest BCUT2D eigenvalue weighted by molar-refractivity contribution is -0.143. The summed E-state index contributed by atoms with van der Waals surface area (Å²) in [4.78, 5) is 21.5. The second kappa shape index (κ2) is 9.28. The van der Waals surface area contributed by atoms with E-state index in [1.54, 1.807) is 18.2 Å². The number of benzene rings is 2. The summed E-state index contributed by atoms with van der Waals surface area (Å²) in [6.45, 7) is -0.277. The molecule has 2 aromatic carbocycles. The molecule has 0 bridgehead atoms. The van der Waals surface area contributed by atoms with E-state index in [4.69, 9.17) is 39.2 Å². The van der Waals surface area contributed by atoms with Crippen molar-refractivity contribution in [1.82, 2.24) is 14.5 Å². The highest BCUT2D eigenvalue weighted by Gasteiger charge is 2.42. The third-order valence-electron chi connectivity index (χ3n) is 5.48. The molecule has 0 spiro atoms. The molecule has 0 saturated heterocycles. The van der Waals surface area contributed by atoms with Crippen LogP contribution in [0.25, 0.3) is 22.4 Å². The minimum atomic E-state index is -4.91. The topological polar surface area (TPSA) is 60.9 Å². The zero-order chi connectivity index (χ0) is 25.6.